The number of halogens is 2. The molecule has 3 rings (SSSR count). The van der Waals surface area contributed by atoms with E-state index in [0.29, 0.717) is 0 Å². The van der Waals surface area contributed by atoms with Crippen molar-refractivity contribution in [1.29, 1.82) is 5.26 Å². The van der Waals surface area contributed by atoms with Crippen LogP contribution in [0.15, 0.2) is 53.6 Å². The zero-order chi connectivity index (χ0) is 19.6. The fraction of sp³-hybridized carbons (Fsp3) is 0.0556. The van der Waals surface area contributed by atoms with Gasteiger partial charge in [-0.25, -0.2) is 17.2 Å². The third-order valence-electron chi connectivity index (χ3n) is 3.77. The minimum absolute atomic E-state index is 0.0611. The van der Waals surface area contributed by atoms with Crippen molar-refractivity contribution in [2.24, 2.45) is 0 Å². The zero-order valence-corrected chi connectivity index (χ0v) is 14.8. The quantitative estimate of drug-likeness (QED) is 0.696. The average Bonchev–Trinajstić information content (AvgIpc) is 3.13. The van der Waals surface area contributed by atoms with E-state index in [1.54, 1.807) is 6.07 Å². The van der Waals surface area contributed by atoms with Gasteiger partial charge in [-0.15, -0.1) is 0 Å². The summed E-state index contributed by atoms with van der Waals surface area (Å²) in [5, 5.41) is 8.74. The fourth-order valence-corrected chi connectivity index (χ4v) is 3.54. The molecular weight excluding hydrogens is 376 g/mol. The van der Waals surface area contributed by atoms with E-state index in [1.165, 1.54) is 37.4 Å². The Balaban J connectivity index is 1.96. The van der Waals surface area contributed by atoms with Crippen LogP contribution in [0.25, 0.3) is 11.3 Å². The van der Waals surface area contributed by atoms with Crippen LogP contribution in [0, 0.1) is 23.0 Å². The number of hydrogen-bond donors (Lipinski definition) is 2. The van der Waals surface area contributed by atoms with E-state index in [1.807, 2.05) is 0 Å². The molecule has 138 valence electrons. The minimum Gasteiger partial charge on any atom is -0.496 e. The summed E-state index contributed by atoms with van der Waals surface area (Å²) in [7, 11) is -2.77. The van der Waals surface area contributed by atoms with Gasteiger partial charge in [-0.1, -0.05) is 6.07 Å². The highest BCUT2D eigenvalue weighted by molar-refractivity contribution is 7.92. The second kappa shape index (κ2) is 7.09. The second-order valence-electron chi connectivity index (χ2n) is 5.48. The molecule has 0 atom stereocenters. The summed E-state index contributed by atoms with van der Waals surface area (Å²) < 4.78 is 60.3. The number of methoxy groups -OCH3 is 1. The Kier molecular flexibility index (Phi) is 4.83. The zero-order valence-electron chi connectivity index (χ0n) is 14.0. The lowest BCUT2D eigenvalue weighted by atomic mass is 10.1. The average molecular weight is 389 g/mol. The molecule has 0 unspecified atom stereocenters. The fourth-order valence-electron chi connectivity index (χ4n) is 2.48. The van der Waals surface area contributed by atoms with Crippen LogP contribution in [0.1, 0.15) is 5.56 Å². The molecule has 3 aromatic rings. The minimum atomic E-state index is -4.14. The molecule has 0 amide bonds. The van der Waals surface area contributed by atoms with E-state index in [0.717, 1.165) is 18.3 Å². The monoisotopic (exact) mass is 389 g/mol. The highest BCUT2D eigenvalue weighted by Gasteiger charge is 2.21. The maximum atomic E-state index is 14.2. The lowest BCUT2D eigenvalue weighted by Gasteiger charge is -2.08. The number of ether oxygens (including phenoxy) is 1. The Morgan fingerprint density at radius 2 is 1.93 bits per heavy atom. The van der Waals surface area contributed by atoms with Crippen LogP contribution in [-0.2, 0) is 10.0 Å². The number of aromatic nitrogens is 1. The van der Waals surface area contributed by atoms with Crippen molar-refractivity contribution >= 4 is 15.7 Å². The number of nitrogens with zero attached hydrogens (tertiary/aromatic N) is 1. The molecule has 9 heteroatoms. The van der Waals surface area contributed by atoms with Gasteiger partial charge < -0.3 is 9.72 Å². The molecule has 0 bridgehead atoms. The predicted octanol–water partition coefficient (Wildman–Crippen LogP) is 3.64. The number of sulfonamides is 1. The van der Waals surface area contributed by atoms with Gasteiger partial charge in [-0.3, -0.25) is 4.72 Å². The molecule has 0 aliphatic carbocycles. The summed E-state index contributed by atoms with van der Waals surface area (Å²) in [6.07, 6.45) is 1.16. The Morgan fingerprint density at radius 1 is 1.15 bits per heavy atom. The van der Waals surface area contributed by atoms with Gasteiger partial charge in [0.1, 0.15) is 22.3 Å². The lowest BCUT2D eigenvalue weighted by Crippen LogP contribution is -2.13. The maximum Gasteiger partial charge on any atom is 0.263 e. The van der Waals surface area contributed by atoms with E-state index in [4.69, 9.17) is 10.00 Å². The van der Waals surface area contributed by atoms with Gasteiger partial charge in [0, 0.05) is 6.20 Å². The van der Waals surface area contributed by atoms with Crippen molar-refractivity contribution in [2.45, 2.75) is 4.90 Å². The summed E-state index contributed by atoms with van der Waals surface area (Å²) in [6.45, 7) is 0. The van der Waals surface area contributed by atoms with Crippen LogP contribution in [0.2, 0.25) is 0 Å². The van der Waals surface area contributed by atoms with Crippen LogP contribution >= 0.6 is 0 Å². The second-order valence-corrected chi connectivity index (χ2v) is 7.16. The Bertz CT molecular complexity index is 1150. The SMILES string of the molecule is COc1cccc(F)c1-c1cc(S(=O)(=O)Nc2ccc(C#N)cc2F)c[nH]1. The molecule has 6 nitrogen and oxygen atoms in total. The summed E-state index contributed by atoms with van der Waals surface area (Å²) in [6, 6.07) is 10.6. The summed E-state index contributed by atoms with van der Waals surface area (Å²) in [4.78, 5) is 2.47. The third-order valence-corrected chi connectivity index (χ3v) is 5.12. The van der Waals surface area contributed by atoms with E-state index in [9.17, 15) is 17.2 Å². The standard InChI is InChI=1S/C18H13F2N3O3S/c1-26-17-4-2-3-13(19)18(17)16-8-12(10-22-16)27(24,25)23-15-6-5-11(9-21)7-14(15)20/h2-8,10,22-23H,1H3. The highest BCUT2D eigenvalue weighted by atomic mass is 32.2. The first-order valence-corrected chi connectivity index (χ1v) is 9.08. The molecule has 1 heterocycles. The Morgan fingerprint density at radius 3 is 2.59 bits per heavy atom. The molecule has 0 aliphatic heterocycles. The summed E-state index contributed by atoms with van der Waals surface area (Å²) in [5.41, 5.74) is 0.0166. The molecular formula is C18H13F2N3O3S. The van der Waals surface area contributed by atoms with Crippen molar-refractivity contribution in [3.8, 4) is 23.1 Å². The predicted molar refractivity (Wildman–Crippen MR) is 94.7 cm³/mol. The van der Waals surface area contributed by atoms with Crippen LogP contribution in [-0.4, -0.2) is 20.5 Å². The number of nitrogens with one attached hydrogen (secondary N) is 2. The number of rotatable bonds is 5. The first-order chi connectivity index (χ1) is 12.9. The van der Waals surface area contributed by atoms with Crippen LogP contribution < -0.4 is 9.46 Å². The number of anilines is 1. The third kappa shape index (κ3) is 3.61. The Hall–Kier alpha value is -3.38. The van der Waals surface area contributed by atoms with E-state index >= 15 is 0 Å². The molecule has 2 aromatic carbocycles. The maximum absolute atomic E-state index is 14.2. The van der Waals surface area contributed by atoms with Gasteiger partial charge in [0.05, 0.1) is 35.7 Å². The molecule has 0 saturated carbocycles. The van der Waals surface area contributed by atoms with Crippen LogP contribution in [0.3, 0.4) is 0 Å². The number of hydrogen-bond acceptors (Lipinski definition) is 4. The van der Waals surface area contributed by atoms with Crippen molar-refractivity contribution in [3.63, 3.8) is 0 Å². The van der Waals surface area contributed by atoms with Crippen molar-refractivity contribution in [3.05, 3.63) is 65.9 Å². The van der Waals surface area contributed by atoms with Gasteiger partial charge in [0.2, 0.25) is 0 Å². The molecule has 0 fully saturated rings. The summed E-state index contributed by atoms with van der Waals surface area (Å²) in [5.74, 6) is -1.25. The van der Waals surface area contributed by atoms with Crippen LogP contribution in [0.5, 0.6) is 5.75 Å². The molecule has 0 spiro atoms. The van der Waals surface area contributed by atoms with Crippen LogP contribution in [0.4, 0.5) is 14.5 Å². The van der Waals surface area contributed by atoms with Gasteiger partial charge in [-0.2, -0.15) is 5.26 Å². The number of nitriles is 1. The van der Waals surface area contributed by atoms with Crippen molar-refractivity contribution in [1.82, 2.24) is 4.98 Å². The van der Waals surface area contributed by atoms with Gasteiger partial charge in [0.15, 0.2) is 0 Å². The van der Waals surface area contributed by atoms with Gasteiger partial charge >= 0.3 is 0 Å². The molecule has 0 aliphatic rings. The normalized spacial score (nSPS) is 11.0. The molecule has 2 N–H and O–H groups in total. The first kappa shape index (κ1) is 18.4. The smallest absolute Gasteiger partial charge is 0.263 e. The largest absolute Gasteiger partial charge is 0.496 e. The van der Waals surface area contributed by atoms with Gasteiger partial charge in [-0.05, 0) is 36.4 Å². The molecule has 0 radical (unpaired) electrons. The van der Waals surface area contributed by atoms with E-state index in [-0.39, 0.29) is 33.2 Å². The Labute approximate surface area is 154 Å². The number of aromatic amines is 1. The van der Waals surface area contributed by atoms with Crippen molar-refractivity contribution in [2.75, 3.05) is 11.8 Å². The molecule has 0 saturated heterocycles. The van der Waals surface area contributed by atoms with Gasteiger partial charge in [0.25, 0.3) is 10.0 Å². The highest BCUT2D eigenvalue weighted by Crippen LogP contribution is 2.33. The summed E-state index contributed by atoms with van der Waals surface area (Å²) >= 11 is 0. The van der Waals surface area contributed by atoms with E-state index in [2.05, 4.69) is 9.71 Å². The first-order valence-electron chi connectivity index (χ1n) is 7.59. The molecule has 27 heavy (non-hydrogen) atoms. The lowest BCUT2D eigenvalue weighted by molar-refractivity contribution is 0.413. The van der Waals surface area contributed by atoms with E-state index < -0.39 is 21.7 Å². The number of benzene rings is 2. The topological polar surface area (TPSA) is 95.0 Å². The molecule has 1 aromatic heterocycles. The van der Waals surface area contributed by atoms with Crippen molar-refractivity contribution < 1.29 is 21.9 Å². The number of H-pyrrole nitrogens is 1.